The van der Waals surface area contributed by atoms with E-state index in [2.05, 4.69) is 5.32 Å². The SMILES string of the molecule is O=C(C[NH2+]CCc1ccccc1)Nc1ccccc1[N+](=O)[O-]. The highest BCUT2D eigenvalue weighted by Crippen LogP contribution is 2.22. The van der Waals surface area contributed by atoms with Gasteiger partial charge in [0, 0.05) is 12.5 Å². The molecule has 3 N–H and O–H groups in total. The number of nitro benzene ring substituents is 1. The summed E-state index contributed by atoms with van der Waals surface area (Å²) in [5.74, 6) is -0.248. The number of anilines is 1. The monoisotopic (exact) mass is 300 g/mol. The van der Waals surface area contributed by atoms with Crippen molar-refractivity contribution in [2.24, 2.45) is 0 Å². The highest BCUT2D eigenvalue weighted by Gasteiger charge is 2.15. The fraction of sp³-hybridized carbons (Fsp3) is 0.188. The van der Waals surface area contributed by atoms with Crippen LogP contribution in [0, 0.1) is 10.1 Å². The standard InChI is InChI=1S/C16H17N3O3/c20-16(12-17-11-10-13-6-2-1-3-7-13)18-14-8-4-5-9-15(14)19(21)22/h1-9,17H,10-12H2,(H,18,20)/p+1. The first-order chi connectivity index (χ1) is 10.7. The number of benzene rings is 2. The number of para-hydroxylation sites is 2. The Hall–Kier alpha value is -2.73. The number of nitrogens with zero attached hydrogens (tertiary/aromatic N) is 1. The molecule has 114 valence electrons. The van der Waals surface area contributed by atoms with E-state index >= 15 is 0 Å². The highest BCUT2D eigenvalue weighted by molar-refractivity contribution is 5.93. The van der Waals surface area contributed by atoms with E-state index in [9.17, 15) is 14.9 Å². The predicted octanol–water partition coefficient (Wildman–Crippen LogP) is 1.34. The van der Waals surface area contributed by atoms with Gasteiger partial charge in [-0.05, 0) is 11.6 Å². The lowest BCUT2D eigenvalue weighted by atomic mass is 10.1. The van der Waals surface area contributed by atoms with Gasteiger partial charge in [0.15, 0.2) is 6.54 Å². The lowest BCUT2D eigenvalue weighted by molar-refractivity contribution is -0.643. The number of carbonyl (C=O) groups excluding carboxylic acids is 1. The molecule has 0 unspecified atom stereocenters. The van der Waals surface area contributed by atoms with Crippen LogP contribution < -0.4 is 10.6 Å². The Morgan fingerprint density at radius 2 is 1.77 bits per heavy atom. The summed E-state index contributed by atoms with van der Waals surface area (Å²) in [6.45, 7) is 1.02. The zero-order valence-corrected chi connectivity index (χ0v) is 12.1. The van der Waals surface area contributed by atoms with Crippen molar-refractivity contribution in [2.45, 2.75) is 6.42 Å². The van der Waals surface area contributed by atoms with Crippen molar-refractivity contribution in [1.29, 1.82) is 0 Å². The van der Waals surface area contributed by atoms with Gasteiger partial charge >= 0.3 is 0 Å². The van der Waals surface area contributed by atoms with Crippen LogP contribution in [0.25, 0.3) is 0 Å². The number of nitrogens with one attached hydrogen (secondary N) is 1. The number of nitro groups is 1. The van der Waals surface area contributed by atoms with Crippen LogP contribution in [-0.4, -0.2) is 23.9 Å². The molecule has 0 aromatic heterocycles. The number of nitrogens with two attached hydrogens (primary N) is 1. The molecule has 6 heteroatoms. The first kappa shape index (κ1) is 15.7. The smallest absolute Gasteiger partial charge is 0.292 e. The molecule has 0 spiro atoms. The largest absolute Gasteiger partial charge is 0.338 e. The third-order valence-electron chi connectivity index (χ3n) is 3.18. The van der Waals surface area contributed by atoms with Crippen LogP contribution in [0.15, 0.2) is 54.6 Å². The number of rotatable bonds is 7. The Morgan fingerprint density at radius 1 is 1.09 bits per heavy atom. The van der Waals surface area contributed by atoms with E-state index in [-0.39, 0.29) is 23.8 Å². The van der Waals surface area contributed by atoms with E-state index in [4.69, 9.17) is 0 Å². The summed E-state index contributed by atoms with van der Waals surface area (Å²) < 4.78 is 0. The quantitative estimate of drug-likeness (QED) is 0.459. The summed E-state index contributed by atoms with van der Waals surface area (Å²) in [5.41, 5.74) is 1.35. The molecule has 0 atom stereocenters. The Bertz CT molecular complexity index is 644. The van der Waals surface area contributed by atoms with Crippen molar-refractivity contribution in [1.82, 2.24) is 0 Å². The minimum atomic E-state index is -0.505. The van der Waals surface area contributed by atoms with Gasteiger partial charge in [-0.2, -0.15) is 0 Å². The van der Waals surface area contributed by atoms with E-state index in [1.807, 2.05) is 35.6 Å². The van der Waals surface area contributed by atoms with Crippen LogP contribution in [-0.2, 0) is 11.2 Å². The second-order valence-electron chi connectivity index (χ2n) is 4.84. The number of hydrogen-bond acceptors (Lipinski definition) is 3. The molecule has 0 radical (unpaired) electrons. The molecule has 2 aromatic rings. The van der Waals surface area contributed by atoms with Gasteiger partial charge in [-0.25, -0.2) is 0 Å². The van der Waals surface area contributed by atoms with Crippen molar-refractivity contribution in [3.8, 4) is 0 Å². The van der Waals surface area contributed by atoms with E-state index in [0.29, 0.717) is 0 Å². The lowest BCUT2D eigenvalue weighted by Crippen LogP contribution is -2.86. The number of hydrogen-bond donors (Lipinski definition) is 2. The summed E-state index contributed by atoms with van der Waals surface area (Å²) >= 11 is 0. The molecule has 0 heterocycles. The van der Waals surface area contributed by atoms with Crippen LogP contribution in [0.5, 0.6) is 0 Å². The second kappa shape index (κ2) is 7.90. The van der Waals surface area contributed by atoms with Gasteiger partial charge in [-0.1, -0.05) is 42.5 Å². The molecule has 6 nitrogen and oxygen atoms in total. The van der Waals surface area contributed by atoms with Gasteiger partial charge < -0.3 is 10.6 Å². The molecule has 0 saturated heterocycles. The van der Waals surface area contributed by atoms with Crippen molar-refractivity contribution in [3.63, 3.8) is 0 Å². The molecule has 1 amide bonds. The topological polar surface area (TPSA) is 88.8 Å². The number of amides is 1. The third kappa shape index (κ3) is 4.68. The van der Waals surface area contributed by atoms with E-state index in [1.165, 1.54) is 17.7 Å². The summed E-state index contributed by atoms with van der Waals surface area (Å²) in [6.07, 6.45) is 0.875. The molecule has 0 bridgehead atoms. The number of carbonyl (C=O) groups is 1. The Morgan fingerprint density at radius 3 is 2.50 bits per heavy atom. The first-order valence-corrected chi connectivity index (χ1v) is 7.05. The fourth-order valence-electron chi connectivity index (χ4n) is 2.09. The van der Waals surface area contributed by atoms with Crippen molar-refractivity contribution >= 4 is 17.3 Å². The van der Waals surface area contributed by atoms with E-state index in [1.54, 1.807) is 12.1 Å². The minimum Gasteiger partial charge on any atom is -0.338 e. The van der Waals surface area contributed by atoms with Crippen molar-refractivity contribution in [2.75, 3.05) is 18.4 Å². The molecular formula is C16H18N3O3+. The molecule has 22 heavy (non-hydrogen) atoms. The maximum absolute atomic E-state index is 11.8. The summed E-state index contributed by atoms with van der Waals surface area (Å²) in [6, 6.07) is 16.1. The van der Waals surface area contributed by atoms with Gasteiger partial charge in [-0.15, -0.1) is 0 Å². The third-order valence-corrected chi connectivity index (χ3v) is 3.18. The predicted molar refractivity (Wildman–Crippen MR) is 83.5 cm³/mol. The molecular weight excluding hydrogens is 282 g/mol. The molecule has 0 aliphatic rings. The van der Waals surface area contributed by atoms with Crippen LogP contribution in [0.3, 0.4) is 0 Å². The molecule has 0 saturated carbocycles. The molecule has 0 aliphatic carbocycles. The molecule has 0 aliphatic heterocycles. The Labute approximate surface area is 128 Å². The first-order valence-electron chi connectivity index (χ1n) is 7.05. The summed E-state index contributed by atoms with van der Waals surface area (Å²) in [5, 5.41) is 15.3. The fourth-order valence-corrected chi connectivity index (χ4v) is 2.09. The van der Waals surface area contributed by atoms with Crippen LogP contribution in [0.2, 0.25) is 0 Å². The average Bonchev–Trinajstić information content (AvgIpc) is 2.53. The van der Waals surface area contributed by atoms with Gasteiger partial charge in [0.05, 0.1) is 11.5 Å². The lowest BCUT2D eigenvalue weighted by Gasteiger charge is -2.05. The Kier molecular flexibility index (Phi) is 5.62. The van der Waals surface area contributed by atoms with Crippen LogP contribution >= 0.6 is 0 Å². The molecule has 2 aromatic carbocycles. The zero-order valence-electron chi connectivity index (χ0n) is 12.1. The number of quaternary nitrogens is 1. The molecule has 2 rings (SSSR count). The summed E-state index contributed by atoms with van der Waals surface area (Å²) in [7, 11) is 0. The normalized spacial score (nSPS) is 10.2. The highest BCUT2D eigenvalue weighted by atomic mass is 16.6. The molecule has 0 fully saturated rings. The van der Waals surface area contributed by atoms with Gasteiger partial charge in [0.25, 0.3) is 11.6 Å². The van der Waals surface area contributed by atoms with Gasteiger partial charge in [0.1, 0.15) is 5.69 Å². The van der Waals surface area contributed by atoms with E-state index in [0.717, 1.165) is 13.0 Å². The van der Waals surface area contributed by atoms with Crippen LogP contribution in [0.1, 0.15) is 5.56 Å². The second-order valence-corrected chi connectivity index (χ2v) is 4.84. The maximum atomic E-state index is 11.8. The van der Waals surface area contributed by atoms with Crippen molar-refractivity contribution < 1.29 is 15.0 Å². The van der Waals surface area contributed by atoms with Gasteiger partial charge in [0.2, 0.25) is 0 Å². The minimum absolute atomic E-state index is 0.0971. The van der Waals surface area contributed by atoms with Gasteiger partial charge in [-0.3, -0.25) is 14.9 Å². The maximum Gasteiger partial charge on any atom is 0.292 e. The zero-order chi connectivity index (χ0) is 15.8. The summed E-state index contributed by atoms with van der Waals surface area (Å²) in [4.78, 5) is 22.2. The Balaban J connectivity index is 1.78. The van der Waals surface area contributed by atoms with Crippen molar-refractivity contribution in [3.05, 3.63) is 70.3 Å². The van der Waals surface area contributed by atoms with E-state index < -0.39 is 4.92 Å². The van der Waals surface area contributed by atoms with Crippen LogP contribution in [0.4, 0.5) is 11.4 Å². The average molecular weight is 300 g/mol.